The van der Waals surface area contributed by atoms with Gasteiger partial charge in [0.15, 0.2) is 0 Å². The van der Waals surface area contributed by atoms with Gasteiger partial charge in [-0.15, -0.1) is 0 Å². The third-order valence-electron chi connectivity index (χ3n) is 3.81. The Labute approximate surface area is 107 Å². The summed E-state index contributed by atoms with van der Waals surface area (Å²) in [6.45, 7) is 4.51. The Morgan fingerprint density at radius 3 is 2.78 bits per heavy atom. The molecule has 1 N–H and O–H groups in total. The third-order valence-corrected chi connectivity index (χ3v) is 3.81. The highest BCUT2D eigenvalue weighted by atomic mass is 16.5. The fourth-order valence-corrected chi connectivity index (χ4v) is 2.40. The molecule has 1 aliphatic carbocycles. The molecular weight excluding hydrogens is 230 g/mol. The maximum Gasteiger partial charge on any atom is 0.337 e. The van der Waals surface area contributed by atoms with Crippen LogP contribution in [0.3, 0.4) is 0 Å². The summed E-state index contributed by atoms with van der Waals surface area (Å²) < 4.78 is 5.84. The Kier molecular flexibility index (Phi) is 3.84. The zero-order valence-corrected chi connectivity index (χ0v) is 10.8. The Morgan fingerprint density at radius 1 is 1.33 bits per heavy atom. The van der Waals surface area contributed by atoms with Crippen molar-refractivity contribution in [3.05, 3.63) is 24.0 Å². The van der Waals surface area contributed by atoms with Crippen molar-refractivity contribution < 1.29 is 14.6 Å². The zero-order valence-electron chi connectivity index (χ0n) is 10.8. The summed E-state index contributed by atoms with van der Waals surface area (Å²) in [6.07, 6.45) is 6.32. The van der Waals surface area contributed by atoms with Crippen LogP contribution in [0.1, 0.15) is 43.5 Å². The van der Waals surface area contributed by atoms with Crippen molar-refractivity contribution in [2.75, 3.05) is 0 Å². The van der Waals surface area contributed by atoms with Crippen LogP contribution in [0.15, 0.2) is 18.5 Å². The van der Waals surface area contributed by atoms with Gasteiger partial charge in [0.1, 0.15) is 5.75 Å². The van der Waals surface area contributed by atoms with Gasteiger partial charge in [-0.1, -0.05) is 13.8 Å². The van der Waals surface area contributed by atoms with Crippen molar-refractivity contribution in [2.24, 2.45) is 11.8 Å². The van der Waals surface area contributed by atoms with Crippen LogP contribution >= 0.6 is 0 Å². The van der Waals surface area contributed by atoms with E-state index in [-0.39, 0.29) is 11.7 Å². The van der Waals surface area contributed by atoms with Crippen LogP contribution in [-0.2, 0) is 0 Å². The monoisotopic (exact) mass is 249 g/mol. The molecule has 3 atom stereocenters. The summed E-state index contributed by atoms with van der Waals surface area (Å²) in [4.78, 5) is 14.7. The summed E-state index contributed by atoms with van der Waals surface area (Å²) in [6, 6.07) is 1.54. The number of hydrogen-bond donors (Lipinski definition) is 1. The summed E-state index contributed by atoms with van der Waals surface area (Å²) in [5.41, 5.74) is 0.171. The van der Waals surface area contributed by atoms with Gasteiger partial charge in [-0.3, -0.25) is 4.98 Å². The highest BCUT2D eigenvalue weighted by Crippen LogP contribution is 2.31. The Bertz CT molecular complexity index is 433. The summed E-state index contributed by atoms with van der Waals surface area (Å²) in [5, 5.41) is 8.90. The first kappa shape index (κ1) is 12.9. The van der Waals surface area contributed by atoms with E-state index >= 15 is 0 Å². The molecule has 0 saturated heterocycles. The number of carboxylic acids is 1. The number of hydrogen-bond acceptors (Lipinski definition) is 3. The molecule has 98 valence electrons. The topological polar surface area (TPSA) is 59.4 Å². The highest BCUT2D eigenvalue weighted by Gasteiger charge is 2.25. The van der Waals surface area contributed by atoms with E-state index in [2.05, 4.69) is 18.8 Å². The fraction of sp³-hybridized carbons (Fsp3) is 0.571. The van der Waals surface area contributed by atoms with Crippen molar-refractivity contribution in [2.45, 2.75) is 39.2 Å². The lowest BCUT2D eigenvalue weighted by molar-refractivity contribution is 0.0693. The fourth-order valence-electron chi connectivity index (χ4n) is 2.40. The number of carboxylic acid groups (broad SMARTS) is 1. The van der Waals surface area contributed by atoms with Crippen LogP contribution < -0.4 is 4.74 Å². The average Bonchev–Trinajstić information content (AvgIpc) is 2.34. The van der Waals surface area contributed by atoms with Crippen molar-refractivity contribution in [1.29, 1.82) is 0 Å². The van der Waals surface area contributed by atoms with Gasteiger partial charge in [0.2, 0.25) is 0 Å². The summed E-state index contributed by atoms with van der Waals surface area (Å²) >= 11 is 0. The van der Waals surface area contributed by atoms with E-state index in [1.54, 1.807) is 6.20 Å². The molecule has 1 aliphatic rings. The van der Waals surface area contributed by atoms with Crippen molar-refractivity contribution in [1.82, 2.24) is 4.98 Å². The van der Waals surface area contributed by atoms with Gasteiger partial charge in [0.25, 0.3) is 0 Å². The number of carbonyl (C=O) groups is 1. The molecule has 1 fully saturated rings. The highest BCUT2D eigenvalue weighted by molar-refractivity contribution is 5.87. The van der Waals surface area contributed by atoms with Crippen molar-refractivity contribution in [3.8, 4) is 5.75 Å². The standard InChI is InChI=1S/C14H19NO3/c1-9-3-4-12(5-10(9)2)18-13-6-11(14(16)17)7-15-8-13/h6-10,12H,3-5H2,1-2H3,(H,16,17). The molecule has 2 rings (SSSR count). The molecule has 1 saturated carbocycles. The number of pyridine rings is 1. The average molecular weight is 249 g/mol. The molecule has 3 unspecified atom stereocenters. The predicted octanol–water partition coefficient (Wildman–Crippen LogP) is 2.98. The van der Waals surface area contributed by atoms with E-state index in [1.807, 2.05) is 0 Å². The lowest BCUT2D eigenvalue weighted by atomic mass is 9.80. The van der Waals surface area contributed by atoms with Gasteiger partial charge in [0, 0.05) is 6.20 Å². The van der Waals surface area contributed by atoms with Gasteiger partial charge in [-0.05, 0) is 37.2 Å². The first-order chi connectivity index (χ1) is 8.56. The molecule has 1 heterocycles. The van der Waals surface area contributed by atoms with E-state index in [9.17, 15) is 4.79 Å². The molecule has 0 aliphatic heterocycles. The number of ether oxygens (including phenoxy) is 1. The first-order valence-corrected chi connectivity index (χ1v) is 6.41. The molecule has 4 heteroatoms. The van der Waals surface area contributed by atoms with Gasteiger partial charge in [0.05, 0.1) is 17.9 Å². The van der Waals surface area contributed by atoms with Crippen molar-refractivity contribution >= 4 is 5.97 Å². The quantitative estimate of drug-likeness (QED) is 0.894. The number of aromatic nitrogens is 1. The smallest absolute Gasteiger partial charge is 0.337 e. The number of rotatable bonds is 3. The maximum absolute atomic E-state index is 10.8. The van der Waals surface area contributed by atoms with Crippen LogP contribution in [0, 0.1) is 11.8 Å². The van der Waals surface area contributed by atoms with Crippen LogP contribution in [-0.4, -0.2) is 22.2 Å². The normalized spacial score (nSPS) is 27.8. The van der Waals surface area contributed by atoms with Gasteiger partial charge >= 0.3 is 5.97 Å². The van der Waals surface area contributed by atoms with E-state index < -0.39 is 5.97 Å². The first-order valence-electron chi connectivity index (χ1n) is 6.41. The van der Waals surface area contributed by atoms with Gasteiger partial charge < -0.3 is 9.84 Å². The SMILES string of the molecule is CC1CCC(Oc2cncc(C(=O)O)c2)CC1C. The minimum absolute atomic E-state index is 0.171. The molecule has 0 aromatic carbocycles. The molecule has 18 heavy (non-hydrogen) atoms. The molecule has 0 spiro atoms. The zero-order chi connectivity index (χ0) is 13.1. The maximum atomic E-state index is 10.8. The van der Waals surface area contributed by atoms with Crippen LogP contribution in [0.25, 0.3) is 0 Å². The second-order valence-corrected chi connectivity index (χ2v) is 5.22. The van der Waals surface area contributed by atoms with Crippen molar-refractivity contribution in [3.63, 3.8) is 0 Å². The molecule has 1 aromatic rings. The Hall–Kier alpha value is -1.58. The van der Waals surface area contributed by atoms with Gasteiger partial charge in [-0.2, -0.15) is 0 Å². The van der Waals surface area contributed by atoms with Crippen LogP contribution in [0.2, 0.25) is 0 Å². The largest absolute Gasteiger partial charge is 0.489 e. The summed E-state index contributed by atoms with van der Waals surface area (Å²) in [7, 11) is 0. The minimum atomic E-state index is -0.974. The molecular formula is C14H19NO3. The Morgan fingerprint density at radius 2 is 2.11 bits per heavy atom. The summed E-state index contributed by atoms with van der Waals surface area (Å²) in [5.74, 6) is 0.980. The molecule has 4 nitrogen and oxygen atoms in total. The Balaban J connectivity index is 2.01. The van der Waals surface area contributed by atoms with Gasteiger partial charge in [-0.25, -0.2) is 4.79 Å². The predicted molar refractivity (Wildman–Crippen MR) is 67.8 cm³/mol. The molecule has 0 radical (unpaired) electrons. The second kappa shape index (κ2) is 5.38. The lowest BCUT2D eigenvalue weighted by Crippen LogP contribution is -2.28. The third kappa shape index (κ3) is 3.00. The molecule has 0 bridgehead atoms. The molecule has 0 amide bonds. The van der Waals surface area contributed by atoms with E-state index in [4.69, 9.17) is 9.84 Å². The number of nitrogens with zero attached hydrogens (tertiary/aromatic N) is 1. The minimum Gasteiger partial charge on any atom is -0.489 e. The van der Waals surface area contributed by atoms with Crippen LogP contribution in [0.5, 0.6) is 5.75 Å². The van der Waals surface area contributed by atoms with Crippen LogP contribution in [0.4, 0.5) is 0 Å². The number of aromatic carboxylic acids is 1. The molecule has 1 aromatic heterocycles. The second-order valence-electron chi connectivity index (χ2n) is 5.22. The van der Waals surface area contributed by atoms with E-state index in [0.29, 0.717) is 11.7 Å². The lowest BCUT2D eigenvalue weighted by Gasteiger charge is -2.32. The van der Waals surface area contributed by atoms with E-state index in [0.717, 1.165) is 25.2 Å². The van der Waals surface area contributed by atoms with E-state index in [1.165, 1.54) is 12.3 Å².